The highest BCUT2D eigenvalue weighted by atomic mass is 16.6. The zero-order chi connectivity index (χ0) is 18.5. The highest BCUT2D eigenvalue weighted by Crippen LogP contribution is 2.57. The summed E-state index contributed by atoms with van der Waals surface area (Å²) in [6, 6.07) is 15.3. The maximum Gasteiger partial charge on any atom is 0.336 e. The van der Waals surface area contributed by atoms with Crippen molar-refractivity contribution in [2.24, 2.45) is 0 Å². The lowest BCUT2D eigenvalue weighted by molar-refractivity contribution is -0.136. The van der Waals surface area contributed by atoms with Crippen LogP contribution in [0.4, 0.5) is 5.69 Å². The molecule has 132 valence electrons. The molecule has 1 amide bonds. The van der Waals surface area contributed by atoms with Gasteiger partial charge >= 0.3 is 5.97 Å². The Labute approximate surface area is 151 Å². The van der Waals surface area contributed by atoms with Crippen LogP contribution in [0.2, 0.25) is 0 Å². The van der Waals surface area contributed by atoms with Crippen molar-refractivity contribution in [1.82, 2.24) is 0 Å². The normalized spacial score (nSPS) is 24.0. The molecule has 1 spiro atoms. The minimum atomic E-state index is -1.13. The molecular weight excluding hydrogens is 330 g/mol. The van der Waals surface area contributed by atoms with Crippen molar-refractivity contribution in [1.29, 1.82) is 0 Å². The Hall–Kier alpha value is -2.92. The summed E-state index contributed by atoms with van der Waals surface area (Å²) in [5.41, 5.74) is 2.79. The molecule has 0 aliphatic carbocycles. The summed E-state index contributed by atoms with van der Waals surface area (Å²) in [6.07, 6.45) is 1.08. The third-order valence-corrected chi connectivity index (χ3v) is 5.01. The molecule has 2 atom stereocenters. The molecule has 26 heavy (non-hydrogen) atoms. The number of ether oxygens (including phenoxy) is 2. The van der Waals surface area contributed by atoms with Crippen LogP contribution in [0.1, 0.15) is 16.7 Å². The second kappa shape index (κ2) is 5.81. The number of para-hydroxylation sites is 1. The summed E-state index contributed by atoms with van der Waals surface area (Å²) in [5.74, 6) is -0.658. The largest absolute Gasteiger partial charge is 0.466 e. The van der Waals surface area contributed by atoms with Crippen LogP contribution >= 0.6 is 0 Å². The van der Waals surface area contributed by atoms with Crippen molar-refractivity contribution < 1.29 is 19.1 Å². The molecule has 1 fully saturated rings. The van der Waals surface area contributed by atoms with Gasteiger partial charge in [0.2, 0.25) is 5.60 Å². The van der Waals surface area contributed by atoms with E-state index in [1.54, 1.807) is 18.0 Å². The highest BCUT2D eigenvalue weighted by Gasteiger charge is 2.71. The fourth-order valence-corrected chi connectivity index (χ4v) is 3.56. The Morgan fingerprint density at radius 1 is 1.19 bits per heavy atom. The number of fused-ring (bicyclic) bond motifs is 2. The number of carbonyl (C=O) groups is 2. The van der Waals surface area contributed by atoms with Crippen molar-refractivity contribution in [3.63, 3.8) is 0 Å². The van der Waals surface area contributed by atoms with Crippen molar-refractivity contribution >= 4 is 23.6 Å². The van der Waals surface area contributed by atoms with Crippen LogP contribution in [0, 0.1) is 6.92 Å². The van der Waals surface area contributed by atoms with E-state index in [0.717, 1.165) is 22.4 Å². The Kier molecular flexibility index (Phi) is 3.70. The minimum Gasteiger partial charge on any atom is -0.466 e. The van der Waals surface area contributed by atoms with Gasteiger partial charge in [0.05, 0.1) is 18.4 Å². The predicted molar refractivity (Wildman–Crippen MR) is 97.6 cm³/mol. The molecule has 5 heteroatoms. The minimum absolute atomic E-state index is 0.164. The standard InChI is InChI=1S/C21H19NO4/c1-13-8-10-14(11-9-13)12-15(19(23)25-3)18-21(26-18)16-6-4-5-7-17(16)22(2)20(21)24/h4-12,18H,1-3H3/b15-12+/t18-,21?/m0/s1. The maximum absolute atomic E-state index is 12.9. The van der Waals surface area contributed by atoms with E-state index in [4.69, 9.17) is 9.47 Å². The Bertz CT molecular complexity index is 931. The van der Waals surface area contributed by atoms with Crippen LogP contribution < -0.4 is 4.90 Å². The zero-order valence-corrected chi connectivity index (χ0v) is 14.9. The Morgan fingerprint density at radius 3 is 2.58 bits per heavy atom. The lowest BCUT2D eigenvalue weighted by Gasteiger charge is -2.09. The number of rotatable bonds is 3. The van der Waals surface area contributed by atoms with E-state index in [9.17, 15) is 9.59 Å². The molecule has 0 aromatic heterocycles. The van der Waals surface area contributed by atoms with E-state index >= 15 is 0 Å². The first-order valence-electron chi connectivity index (χ1n) is 8.41. The molecule has 0 saturated carbocycles. The van der Waals surface area contributed by atoms with Crippen LogP contribution in [0.15, 0.2) is 54.1 Å². The zero-order valence-electron chi connectivity index (χ0n) is 14.9. The van der Waals surface area contributed by atoms with Crippen LogP contribution in [0.25, 0.3) is 6.08 Å². The summed E-state index contributed by atoms with van der Waals surface area (Å²) in [7, 11) is 3.05. The molecule has 2 aliphatic rings. The second-order valence-electron chi connectivity index (χ2n) is 6.62. The molecular formula is C21H19NO4. The van der Waals surface area contributed by atoms with Gasteiger partial charge in [-0.25, -0.2) is 4.79 Å². The van der Waals surface area contributed by atoms with Gasteiger partial charge in [0, 0.05) is 12.6 Å². The van der Waals surface area contributed by atoms with Crippen molar-refractivity contribution in [3.05, 3.63) is 70.8 Å². The summed E-state index contributed by atoms with van der Waals surface area (Å²) in [6.45, 7) is 2.00. The first kappa shape index (κ1) is 16.5. The van der Waals surface area contributed by atoms with Gasteiger partial charge in [0.15, 0.2) is 0 Å². The third kappa shape index (κ3) is 2.28. The Balaban J connectivity index is 1.77. The quantitative estimate of drug-likeness (QED) is 0.486. The molecule has 0 N–H and O–H groups in total. The van der Waals surface area contributed by atoms with E-state index < -0.39 is 17.7 Å². The third-order valence-electron chi connectivity index (χ3n) is 5.01. The first-order valence-corrected chi connectivity index (χ1v) is 8.41. The smallest absolute Gasteiger partial charge is 0.336 e. The van der Waals surface area contributed by atoms with Crippen LogP contribution in [0.5, 0.6) is 0 Å². The summed E-state index contributed by atoms with van der Waals surface area (Å²) in [5, 5.41) is 0. The number of esters is 1. The number of hydrogen-bond acceptors (Lipinski definition) is 4. The number of benzene rings is 2. The van der Waals surface area contributed by atoms with Gasteiger partial charge in [-0.05, 0) is 24.6 Å². The molecule has 0 radical (unpaired) electrons. The van der Waals surface area contributed by atoms with Gasteiger partial charge in [0.25, 0.3) is 5.91 Å². The van der Waals surface area contributed by atoms with E-state index in [2.05, 4.69) is 0 Å². The number of aryl methyl sites for hydroxylation is 1. The van der Waals surface area contributed by atoms with E-state index in [1.165, 1.54) is 7.11 Å². The molecule has 2 aliphatic heterocycles. The maximum atomic E-state index is 12.9. The summed E-state index contributed by atoms with van der Waals surface area (Å²) >= 11 is 0. The second-order valence-corrected chi connectivity index (χ2v) is 6.62. The number of methoxy groups -OCH3 is 1. The van der Waals surface area contributed by atoms with Crippen LogP contribution in [-0.4, -0.2) is 32.1 Å². The lowest BCUT2D eigenvalue weighted by atomic mass is 9.92. The van der Waals surface area contributed by atoms with Crippen molar-refractivity contribution in [2.75, 3.05) is 19.1 Å². The number of likely N-dealkylation sites (N-methyl/N-ethyl adjacent to an activating group) is 1. The molecule has 5 nitrogen and oxygen atoms in total. The average molecular weight is 349 g/mol. The molecule has 1 unspecified atom stereocenters. The fourth-order valence-electron chi connectivity index (χ4n) is 3.56. The number of epoxide rings is 1. The molecule has 2 aromatic rings. The number of nitrogens with zero attached hydrogens (tertiary/aromatic N) is 1. The lowest BCUT2D eigenvalue weighted by Crippen LogP contribution is -2.32. The fraction of sp³-hybridized carbons (Fsp3) is 0.238. The highest BCUT2D eigenvalue weighted by molar-refractivity contribution is 6.11. The van der Waals surface area contributed by atoms with E-state index in [0.29, 0.717) is 5.57 Å². The van der Waals surface area contributed by atoms with E-state index in [-0.39, 0.29) is 5.91 Å². The van der Waals surface area contributed by atoms with Gasteiger partial charge in [-0.1, -0.05) is 48.0 Å². The number of hydrogen-bond donors (Lipinski definition) is 0. The summed E-state index contributed by atoms with van der Waals surface area (Å²) in [4.78, 5) is 26.9. The van der Waals surface area contributed by atoms with Gasteiger partial charge in [-0.2, -0.15) is 0 Å². The number of amides is 1. The van der Waals surface area contributed by atoms with E-state index in [1.807, 2.05) is 55.5 Å². The summed E-state index contributed by atoms with van der Waals surface area (Å²) < 4.78 is 10.8. The molecule has 1 saturated heterocycles. The monoisotopic (exact) mass is 349 g/mol. The van der Waals surface area contributed by atoms with Crippen molar-refractivity contribution in [3.8, 4) is 0 Å². The predicted octanol–water partition coefficient (Wildman–Crippen LogP) is 2.82. The SMILES string of the molecule is COC(=O)/C(=C/c1ccc(C)cc1)[C@@H]1OC12C(=O)N(C)c1ccccc12. The molecule has 2 aromatic carbocycles. The van der Waals surface area contributed by atoms with Crippen molar-refractivity contribution in [2.45, 2.75) is 18.6 Å². The number of anilines is 1. The molecule has 0 bridgehead atoms. The van der Waals surface area contributed by atoms with Gasteiger partial charge in [0.1, 0.15) is 6.10 Å². The average Bonchev–Trinajstić information content (AvgIpc) is 3.37. The van der Waals surface area contributed by atoms with Crippen LogP contribution in [0.3, 0.4) is 0 Å². The van der Waals surface area contributed by atoms with Gasteiger partial charge in [-0.15, -0.1) is 0 Å². The molecule has 4 rings (SSSR count). The Morgan fingerprint density at radius 2 is 1.88 bits per heavy atom. The first-order chi connectivity index (χ1) is 12.5. The van der Waals surface area contributed by atoms with Gasteiger partial charge in [-0.3, -0.25) is 4.79 Å². The topological polar surface area (TPSA) is 59.1 Å². The molecule has 2 heterocycles. The number of carbonyl (C=O) groups excluding carboxylic acids is 2. The van der Waals surface area contributed by atoms with Gasteiger partial charge < -0.3 is 14.4 Å². The van der Waals surface area contributed by atoms with Crippen LogP contribution in [-0.2, 0) is 24.7 Å².